The number of aromatic nitrogens is 2. The quantitative estimate of drug-likeness (QED) is 0.752. The lowest BCUT2D eigenvalue weighted by Crippen LogP contribution is -2.25. The maximum Gasteiger partial charge on any atom is 0.149 e. The molecule has 0 spiro atoms. The molecular weight excluding hydrogens is 202 g/mol. The molecule has 0 aromatic carbocycles. The zero-order chi connectivity index (χ0) is 10.6. The van der Waals surface area contributed by atoms with Crippen molar-refractivity contribution in [3.63, 3.8) is 0 Å². The van der Waals surface area contributed by atoms with Gasteiger partial charge in [0.05, 0.1) is 17.5 Å². The van der Waals surface area contributed by atoms with Crippen LogP contribution < -0.4 is 5.32 Å². The van der Waals surface area contributed by atoms with Gasteiger partial charge in [0.2, 0.25) is 0 Å². The Morgan fingerprint density at radius 2 is 2.21 bits per heavy atom. The zero-order valence-electron chi connectivity index (χ0n) is 8.14. The predicted molar refractivity (Wildman–Crippen MR) is 53.5 cm³/mol. The summed E-state index contributed by atoms with van der Waals surface area (Å²) >= 11 is 0. The average Bonchev–Trinajstić information content (AvgIpc) is 2.14. The molecule has 0 radical (unpaired) electrons. The highest BCUT2D eigenvalue weighted by atomic mass is 32.2. The molecule has 1 rings (SSSR count). The average molecular weight is 215 g/mol. The Bertz CT molecular complexity index is 377. The van der Waals surface area contributed by atoms with Crippen molar-refractivity contribution < 1.29 is 8.42 Å². The second-order valence-corrected chi connectivity index (χ2v) is 5.25. The van der Waals surface area contributed by atoms with Crippen LogP contribution in [0, 0.1) is 0 Å². The molecule has 0 aliphatic carbocycles. The monoisotopic (exact) mass is 215 g/mol. The fraction of sp³-hybridized carbons (Fsp3) is 0.500. The third-order valence-corrected chi connectivity index (χ3v) is 2.70. The van der Waals surface area contributed by atoms with Gasteiger partial charge in [-0.15, -0.1) is 0 Å². The van der Waals surface area contributed by atoms with Crippen molar-refractivity contribution in [1.29, 1.82) is 0 Å². The van der Waals surface area contributed by atoms with Gasteiger partial charge >= 0.3 is 0 Å². The third-order valence-electron chi connectivity index (χ3n) is 1.76. The third kappa shape index (κ3) is 3.39. The van der Waals surface area contributed by atoms with Gasteiger partial charge < -0.3 is 5.32 Å². The molecule has 0 aliphatic heterocycles. The van der Waals surface area contributed by atoms with Crippen LogP contribution in [0.5, 0.6) is 0 Å². The van der Waals surface area contributed by atoms with E-state index >= 15 is 0 Å². The smallest absolute Gasteiger partial charge is 0.149 e. The summed E-state index contributed by atoms with van der Waals surface area (Å²) < 4.78 is 22.2. The van der Waals surface area contributed by atoms with Crippen molar-refractivity contribution in [3.05, 3.63) is 24.3 Å². The van der Waals surface area contributed by atoms with E-state index in [9.17, 15) is 8.42 Å². The summed E-state index contributed by atoms with van der Waals surface area (Å²) in [4.78, 5) is 7.93. The van der Waals surface area contributed by atoms with Gasteiger partial charge in [0.15, 0.2) is 0 Å². The first-order valence-corrected chi connectivity index (χ1v) is 6.20. The van der Waals surface area contributed by atoms with Gasteiger partial charge in [-0.25, -0.2) is 8.42 Å². The topological polar surface area (TPSA) is 72.0 Å². The van der Waals surface area contributed by atoms with E-state index in [-0.39, 0.29) is 11.8 Å². The first kappa shape index (κ1) is 11.1. The molecule has 78 valence electrons. The van der Waals surface area contributed by atoms with Crippen LogP contribution in [-0.2, 0) is 9.84 Å². The molecule has 0 amide bonds. The van der Waals surface area contributed by atoms with Gasteiger partial charge in [-0.05, 0) is 7.05 Å². The molecule has 1 unspecified atom stereocenters. The van der Waals surface area contributed by atoms with Crippen LogP contribution in [0.1, 0.15) is 11.7 Å². The molecule has 0 saturated carbocycles. The molecule has 5 nitrogen and oxygen atoms in total. The summed E-state index contributed by atoms with van der Waals surface area (Å²) in [5.41, 5.74) is 0.639. The van der Waals surface area contributed by atoms with E-state index in [0.29, 0.717) is 5.69 Å². The van der Waals surface area contributed by atoms with Gasteiger partial charge in [-0.1, -0.05) is 0 Å². The first-order valence-electron chi connectivity index (χ1n) is 4.14. The highest BCUT2D eigenvalue weighted by molar-refractivity contribution is 7.90. The van der Waals surface area contributed by atoms with Gasteiger partial charge in [-0.3, -0.25) is 9.97 Å². The van der Waals surface area contributed by atoms with Crippen LogP contribution in [-0.4, -0.2) is 37.4 Å². The maximum atomic E-state index is 11.1. The van der Waals surface area contributed by atoms with E-state index < -0.39 is 9.84 Å². The van der Waals surface area contributed by atoms with E-state index in [1.54, 1.807) is 25.6 Å². The van der Waals surface area contributed by atoms with Crippen molar-refractivity contribution >= 4 is 9.84 Å². The molecular formula is C8H13N3O2S. The molecule has 6 heteroatoms. The Hall–Kier alpha value is -1.01. The number of hydrogen-bond donors (Lipinski definition) is 1. The lowest BCUT2D eigenvalue weighted by molar-refractivity contribution is 0.573. The summed E-state index contributed by atoms with van der Waals surface area (Å²) in [6.45, 7) is 0. The Morgan fingerprint density at radius 3 is 2.64 bits per heavy atom. The molecule has 1 aromatic heterocycles. The van der Waals surface area contributed by atoms with E-state index in [1.165, 1.54) is 6.26 Å². The van der Waals surface area contributed by atoms with E-state index in [4.69, 9.17) is 0 Å². The molecule has 1 heterocycles. The number of hydrogen-bond acceptors (Lipinski definition) is 5. The molecule has 1 atom stereocenters. The van der Waals surface area contributed by atoms with E-state index in [2.05, 4.69) is 15.3 Å². The van der Waals surface area contributed by atoms with Crippen LogP contribution in [0.2, 0.25) is 0 Å². The molecule has 0 saturated heterocycles. The lowest BCUT2D eigenvalue weighted by Gasteiger charge is -2.13. The highest BCUT2D eigenvalue weighted by Gasteiger charge is 2.16. The summed E-state index contributed by atoms with van der Waals surface area (Å²) in [6, 6.07) is -0.293. The molecule has 0 fully saturated rings. The molecule has 0 bridgehead atoms. The second kappa shape index (κ2) is 4.47. The summed E-state index contributed by atoms with van der Waals surface area (Å²) in [7, 11) is -1.31. The van der Waals surface area contributed by atoms with Gasteiger partial charge in [0, 0.05) is 24.8 Å². The van der Waals surface area contributed by atoms with Crippen LogP contribution >= 0.6 is 0 Å². The summed E-state index contributed by atoms with van der Waals surface area (Å²) in [6.07, 6.45) is 5.86. The second-order valence-electron chi connectivity index (χ2n) is 3.06. The largest absolute Gasteiger partial charge is 0.311 e. The van der Waals surface area contributed by atoms with Crippen LogP contribution in [0.4, 0.5) is 0 Å². The van der Waals surface area contributed by atoms with Crippen molar-refractivity contribution in [1.82, 2.24) is 15.3 Å². The van der Waals surface area contributed by atoms with Crippen molar-refractivity contribution in [2.45, 2.75) is 6.04 Å². The SMILES string of the molecule is CNC(CS(C)(=O)=O)c1cnccn1. The Labute approximate surface area is 83.5 Å². The molecule has 1 N–H and O–H groups in total. The van der Waals surface area contributed by atoms with Gasteiger partial charge in [0.1, 0.15) is 9.84 Å². The first-order chi connectivity index (χ1) is 6.53. The minimum Gasteiger partial charge on any atom is -0.311 e. The standard InChI is InChI=1S/C8H13N3O2S/c1-9-8(6-14(2,12)13)7-5-10-3-4-11-7/h3-5,8-9H,6H2,1-2H3. The van der Waals surface area contributed by atoms with Crippen molar-refractivity contribution in [2.24, 2.45) is 0 Å². The number of nitrogens with one attached hydrogen (secondary N) is 1. The van der Waals surface area contributed by atoms with Crippen LogP contribution in [0.15, 0.2) is 18.6 Å². The maximum absolute atomic E-state index is 11.1. The Kier molecular flexibility index (Phi) is 3.54. The van der Waals surface area contributed by atoms with Gasteiger partial charge in [-0.2, -0.15) is 0 Å². The minimum absolute atomic E-state index is 0.0300. The fourth-order valence-electron chi connectivity index (χ4n) is 1.11. The Balaban J connectivity index is 2.84. The molecule has 0 aliphatic rings. The predicted octanol–water partition coefficient (Wildman–Crippen LogP) is -0.218. The van der Waals surface area contributed by atoms with Crippen molar-refractivity contribution in [3.8, 4) is 0 Å². The summed E-state index contributed by atoms with van der Waals surface area (Å²) in [5, 5.41) is 2.89. The lowest BCUT2D eigenvalue weighted by atomic mass is 10.2. The van der Waals surface area contributed by atoms with Crippen LogP contribution in [0.25, 0.3) is 0 Å². The normalized spacial score (nSPS) is 13.9. The van der Waals surface area contributed by atoms with Crippen LogP contribution in [0.3, 0.4) is 0 Å². The molecule has 14 heavy (non-hydrogen) atoms. The summed E-state index contributed by atoms with van der Waals surface area (Å²) in [5.74, 6) is 0.0300. The number of sulfone groups is 1. The molecule has 1 aromatic rings. The minimum atomic E-state index is -3.01. The fourth-order valence-corrected chi connectivity index (χ4v) is 2.05. The van der Waals surface area contributed by atoms with Crippen molar-refractivity contribution in [2.75, 3.05) is 19.1 Å². The van der Waals surface area contributed by atoms with Gasteiger partial charge in [0.25, 0.3) is 0 Å². The van der Waals surface area contributed by atoms with E-state index in [0.717, 1.165) is 0 Å². The number of nitrogens with zero attached hydrogens (tertiary/aromatic N) is 2. The van der Waals surface area contributed by atoms with E-state index in [1.807, 2.05) is 0 Å². The number of rotatable bonds is 4. The Morgan fingerprint density at radius 1 is 1.50 bits per heavy atom. The zero-order valence-corrected chi connectivity index (χ0v) is 8.95. The highest BCUT2D eigenvalue weighted by Crippen LogP contribution is 2.09.